The van der Waals surface area contributed by atoms with Crippen LogP contribution in [0.15, 0.2) is 63.5 Å². The standard InChI is InChI=1S/C23H13Br2Cl2N3O/c24-16-8-14(7-15(11-28)23-29-20-3-1-2-4-21(20)30-23)22(18(25)9-16)31-12-13-5-6-17(26)10-19(13)27/h1-10H,12H2,(H,29,30)/b15-7+. The molecule has 1 heterocycles. The minimum atomic E-state index is 0.240. The van der Waals surface area contributed by atoms with Crippen molar-refractivity contribution >= 4 is 77.7 Å². The zero-order chi connectivity index (χ0) is 22.0. The van der Waals surface area contributed by atoms with Gasteiger partial charge in [0.25, 0.3) is 0 Å². The molecule has 0 saturated carbocycles. The monoisotopic (exact) mass is 575 g/mol. The van der Waals surface area contributed by atoms with Crippen molar-refractivity contribution in [3.8, 4) is 11.8 Å². The number of nitrogens with one attached hydrogen (secondary N) is 1. The Kier molecular flexibility index (Phi) is 6.68. The highest BCUT2D eigenvalue weighted by atomic mass is 79.9. The molecule has 8 heteroatoms. The molecular weight excluding hydrogens is 565 g/mol. The van der Waals surface area contributed by atoms with Crippen LogP contribution in [-0.2, 0) is 6.61 Å². The number of nitriles is 1. The SMILES string of the molecule is N#C/C(=C\c1cc(Br)cc(Br)c1OCc1ccc(Cl)cc1Cl)c1nc2ccccc2[nH]1. The maximum absolute atomic E-state index is 9.79. The van der Waals surface area contributed by atoms with Gasteiger partial charge in [-0.1, -0.05) is 57.3 Å². The fourth-order valence-electron chi connectivity index (χ4n) is 3.02. The Hall–Kier alpha value is -2.30. The lowest BCUT2D eigenvalue weighted by Crippen LogP contribution is -1.99. The first-order valence-corrected chi connectivity index (χ1v) is 11.4. The lowest BCUT2D eigenvalue weighted by molar-refractivity contribution is 0.303. The van der Waals surface area contributed by atoms with E-state index in [4.69, 9.17) is 27.9 Å². The summed E-state index contributed by atoms with van der Waals surface area (Å²) < 4.78 is 7.66. The lowest BCUT2D eigenvalue weighted by atomic mass is 10.1. The molecular formula is C23H13Br2Cl2N3O. The first-order chi connectivity index (χ1) is 14.9. The molecule has 0 unspecified atom stereocenters. The summed E-state index contributed by atoms with van der Waals surface area (Å²) in [6, 6.07) is 18.9. The number of nitrogens with zero attached hydrogens (tertiary/aromatic N) is 2. The summed E-state index contributed by atoms with van der Waals surface area (Å²) in [5.41, 5.74) is 3.55. The van der Waals surface area contributed by atoms with Crippen LogP contribution in [0.1, 0.15) is 17.0 Å². The largest absolute Gasteiger partial charge is 0.487 e. The second-order valence-corrected chi connectivity index (χ2v) is 9.22. The number of para-hydroxylation sites is 2. The van der Waals surface area contributed by atoms with Crippen molar-refractivity contribution in [2.75, 3.05) is 0 Å². The molecule has 4 rings (SSSR count). The third-order valence-corrected chi connectivity index (χ3v) is 6.12. The van der Waals surface area contributed by atoms with Gasteiger partial charge in [0.1, 0.15) is 24.3 Å². The van der Waals surface area contributed by atoms with Crippen molar-refractivity contribution in [3.63, 3.8) is 0 Å². The van der Waals surface area contributed by atoms with Crippen molar-refractivity contribution in [3.05, 3.63) is 90.5 Å². The number of H-pyrrole nitrogens is 1. The van der Waals surface area contributed by atoms with Crippen LogP contribution >= 0.6 is 55.1 Å². The van der Waals surface area contributed by atoms with Gasteiger partial charge in [-0.15, -0.1) is 0 Å². The van der Waals surface area contributed by atoms with Gasteiger partial charge in [0.15, 0.2) is 0 Å². The molecule has 1 aromatic heterocycles. The molecule has 31 heavy (non-hydrogen) atoms. The maximum atomic E-state index is 9.79. The molecule has 1 N–H and O–H groups in total. The van der Waals surface area contributed by atoms with E-state index in [0.717, 1.165) is 25.5 Å². The van der Waals surface area contributed by atoms with Gasteiger partial charge in [0.05, 0.1) is 21.1 Å². The van der Waals surface area contributed by atoms with E-state index in [1.165, 1.54) is 0 Å². The quantitative estimate of drug-likeness (QED) is 0.244. The minimum absolute atomic E-state index is 0.240. The average Bonchev–Trinajstić information content (AvgIpc) is 3.16. The van der Waals surface area contributed by atoms with Crippen LogP contribution in [0.2, 0.25) is 10.0 Å². The number of imidazole rings is 1. The molecule has 0 aliphatic carbocycles. The Morgan fingerprint density at radius 1 is 1.13 bits per heavy atom. The number of aromatic nitrogens is 2. The molecule has 4 aromatic rings. The average molecular weight is 578 g/mol. The number of hydrogen-bond donors (Lipinski definition) is 1. The second-order valence-electron chi connectivity index (χ2n) is 6.60. The normalized spacial score (nSPS) is 11.5. The van der Waals surface area contributed by atoms with Crippen LogP contribution in [0.4, 0.5) is 0 Å². The first-order valence-electron chi connectivity index (χ1n) is 9.07. The van der Waals surface area contributed by atoms with Gasteiger partial charge in [0, 0.05) is 25.6 Å². The van der Waals surface area contributed by atoms with E-state index >= 15 is 0 Å². The fraction of sp³-hybridized carbons (Fsp3) is 0.0435. The molecule has 0 amide bonds. The van der Waals surface area contributed by atoms with Gasteiger partial charge in [-0.05, 0) is 58.4 Å². The number of halogens is 4. The van der Waals surface area contributed by atoms with Crippen molar-refractivity contribution in [1.82, 2.24) is 9.97 Å². The van der Waals surface area contributed by atoms with E-state index in [-0.39, 0.29) is 6.61 Å². The van der Waals surface area contributed by atoms with Crippen LogP contribution < -0.4 is 4.74 Å². The molecule has 0 radical (unpaired) electrons. The highest BCUT2D eigenvalue weighted by Crippen LogP contribution is 2.36. The third-order valence-electron chi connectivity index (χ3n) is 4.49. The Labute approximate surface area is 205 Å². The van der Waals surface area contributed by atoms with Crippen LogP contribution in [0.25, 0.3) is 22.7 Å². The highest BCUT2D eigenvalue weighted by molar-refractivity contribution is 9.11. The second kappa shape index (κ2) is 9.46. The van der Waals surface area contributed by atoms with Crippen molar-refractivity contribution in [2.24, 2.45) is 0 Å². The first kappa shape index (κ1) is 21.9. The van der Waals surface area contributed by atoms with Gasteiger partial charge in [-0.25, -0.2) is 4.98 Å². The molecule has 0 aliphatic heterocycles. The van der Waals surface area contributed by atoms with E-state index in [2.05, 4.69) is 47.9 Å². The Bertz CT molecular complexity index is 1330. The molecule has 0 spiro atoms. The summed E-state index contributed by atoms with van der Waals surface area (Å²) in [5, 5.41) is 10.9. The minimum Gasteiger partial charge on any atom is -0.487 e. The van der Waals surface area contributed by atoms with E-state index < -0.39 is 0 Å². The fourth-order valence-corrected chi connectivity index (χ4v) is 4.85. The van der Waals surface area contributed by atoms with Crippen LogP contribution in [0, 0.1) is 11.3 Å². The van der Waals surface area contributed by atoms with E-state index in [0.29, 0.717) is 32.8 Å². The topological polar surface area (TPSA) is 61.7 Å². The number of allylic oxidation sites excluding steroid dienone is 1. The Morgan fingerprint density at radius 3 is 2.68 bits per heavy atom. The zero-order valence-corrected chi connectivity index (χ0v) is 20.5. The van der Waals surface area contributed by atoms with Gasteiger partial charge in [0.2, 0.25) is 0 Å². The molecule has 4 nitrogen and oxygen atoms in total. The highest BCUT2D eigenvalue weighted by Gasteiger charge is 2.14. The number of fused-ring (bicyclic) bond motifs is 1. The van der Waals surface area contributed by atoms with Crippen molar-refractivity contribution in [2.45, 2.75) is 6.61 Å². The van der Waals surface area contributed by atoms with Gasteiger partial charge < -0.3 is 9.72 Å². The van der Waals surface area contributed by atoms with Crippen LogP contribution in [-0.4, -0.2) is 9.97 Å². The summed E-state index contributed by atoms with van der Waals surface area (Å²) in [6.07, 6.45) is 1.74. The number of benzene rings is 3. The van der Waals surface area contributed by atoms with Gasteiger partial charge >= 0.3 is 0 Å². The predicted molar refractivity (Wildman–Crippen MR) is 132 cm³/mol. The molecule has 0 bridgehead atoms. The van der Waals surface area contributed by atoms with Crippen molar-refractivity contribution in [1.29, 1.82) is 5.26 Å². The summed E-state index contributed by atoms with van der Waals surface area (Å²) in [4.78, 5) is 7.72. The summed E-state index contributed by atoms with van der Waals surface area (Å²) in [5.74, 6) is 1.07. The molecule has 0 saturated heterocycles. The van der Waals surface area contributed by atoms with Gasteiger partial charge in [-0.2, -0.15) is 5.26 Å². The van der Waals surface area contributed by atoms with Crippen LogP contribution in [0.5, 0.6) is 5.75 Å². The lowest BCUT2D eigenvalue weighted by Gasteiger charge is -2.13. The predicted octanol–water partition coefficient (Wildman–Crippen LogP) is 8.04. The van der Waals surface area contributed by atoms with E-state index in [1.807, 2.05) is 42.5 Å². The van der Waals surface area contributed by atoms with Crippen LogP contribution in [0.3, 0.4) is 0 Å². The van der Waals surface area contributed by atoms with Gasteiger partial charge in [-0.3, -0.25) is 0 Å². The number of ether oxygens (including phenoxy) is 1. The summed E-state index contributed by atoms with van der Waals surface area (Å²) >= 11 is 19.3. The number of hydrogen-bond acceptors (Lipinski definition) is 3. The van der Waals surface area contributed by atoms with Crippen molar-refractivity contribution < 1.29 is 4.74 Å². The summed E-state index contributed by atoms with van der Waals surface area (Å²) in [6.45, 7) is 0.240. The molecule has 0 aliphatic rings. The third kappa shape index (κ3) is 4.97. The Balaban J connectivity index is 1.72. The molecule has 154 valence electrons. The maximum Gasteiger partial charge on any atom is 0.149 e. The van der Waals surface area contributed by atoms with E-state index in [9.17, 15) is 5.26 Å². The molecule has 3 aromatic carbocycles. The Morgan fingerprint density at radius 2 is 1.94 bits per heavy atom. The smallest absolute Gasteiger partial charge is 0.149 e. The molecule has 0 atom stereocenters. The number of aromatic amines is 1. The zero-order valence-electron chi connectivity index (χ0n) is 15.8. The van der Waals surface area contributed by atoms with E-state index in [1.54, 1.807) is 18.2 Å². The summed E-state index contributed by atoms with van der Waals surface area (Å²) in [7, 11) is 0. The number of rotatable bonds is 5. The molecule has 0 fully saturated rings.